The molecule has 0 unspecified atom stereocenters. The topological polar surface area (TPSA) is 73.9 Å². The number of rotatable bonds is 6. The van der Waals surface area contributed by atoms with Crippen LogP contribution in [0.2, 0.25) is 0 Å². The summed E-state index contributed by atoms with van der Waals surface area (Å²) >= 11 is 0. The van der Waals surface area contributed by atoms with Gasteiger partial charge in [-0.25, -0.2) is 4.79 Å². The second kappa shape index (κ2) is 9.75. The molecule has 2 atom stereocenters. The summed E-state index contributed by atoms with van der Waals surface area (Å²) in [4.78, 5) is 27.0. The minimum atomic E-state index is -0.614. The lowest BCUT2D eigenvalue weighted by Gasteiger charge is -2.37. The smallest absolute Gasteiger partial charge is 0.337 e. The van der Waals surface area contributed by atoms with E-state index in [0.717, 1.165) is 11.3 Å². The van der Waals surface area contributed by atoms with Crippen molar-refractivity contribution in [3.05, 3.63) is 82.2 Å². The van der Waals surface area contributed by atoms with E-state index in [-0.39, 0.29) is 17.8 Å². The van der Waals surface area contributed by atoms with Crippen LogP contribution in [0.3, 0.4) is 0 Å². The molecular formula is C28H31NO5. The molecule has 0 fully saturated rings. The Labute approximate surface area is 200 Å². The van der Waals surface area contributed by atoms with Crippen LogP contribution in [0.25, 0.3) is 0 Å². The van der Waals surface area contributed by atoms with Gasteiger partial charge in [-0.05, 0) is 44.7 Å². The van der Waals surface area contributed by atoms with E-state index in [2.05, 4.69) is 17.4 Å². The molecule has 0 bridgehead atoms. The summed E-state index contributed by atoms with van der Waals surface area (Å²) < 4.78 is 16.8. The SMILES string of the molecule is COc1cccc([C@@H]2C(C(=O)OC(C)C)=C(C)NC3=C2C(=O)C[C@@H](c2ccccc2)C3)c1OC. The number of carbonyl (C=O) groups is 2. The standard InChI is InChI=1S/C28H31NO5/c1-16(2)34-28(31)24-17(3)29-21-14-19(18-10-7-6-8-11-18)15-22(30)26(21)25(24)20-12-9-13-23(32-4)27(20)33-5/h6-13,16,19,25,29H,14-15H2,1-5H3/t19-,25+/m0/s1. The average Bonchev–Trinajstić information content (AvgIpc) is 2.82. The fourth-order valence-electron chi connectivity index (χ4n) is 5.00. The largest absolute Gasteiger partial charge is 0.493 e. The van der Waals surface area contributed by atoms with Crippen molar-refractivity contribution >= 4 is 11.8 Å². The van der Waals surface area contributed by atoms with Gasteiger partial charge < -0.3 is 19.5 Å². The third kappa shape index (κ3) is 4.32. The number of hydrogen-bond donors (Lipinski definition) is 1. The number of carbonyl (C=O) groups excluding carboxylic acids is 2. The zero-order valence-electron chi connectivity index (χ0n) is 20.3. The molecular weight excluding hydrogens is 430 g/mol. The van der Waals surface area contributed by atoms with E-state index in [9.17, 15) is 9.59 Å². The van der Waals surface area contributed by atoms with Gasteiger partial charge in [0.1, 0.15) is 0 Å². The zero-order chi connectivity index (χ0) is 24.4. The molecule has 1 aliphatic carbocycles. The second-order valence-electron chi connectivity index (χ2n) is 8.96. The second-order valence-corrected chi connectivity index (χ2v) is 8.96. The number of dihydropyridines is 1. The minimum Gasteiger partial charge on any atom is -0.493 e. The first kappa shape index (κ1) is 23.6. The third-order valence-electron chi connectivity index (χ3n) is 6.41. The summed E-state index contributed by atoms with van der Waals surface area (Å²) in [5.74, 6) is 0.0745. The molecule has 2 aromatic rings. The fraction of sp³-hybridized carbons (Fsp3) is 0.357. The van der Waals surface area contributed by atoms with E-state index in [0.29, 0.717) is 46.7 Å². The molecule has 1 heterocycles. The highest BCUT2D eigenvalue weighted by molar-refractivity contribution is 6.04. The Morgan fingerprint density at radius 1 is 1.00 bits per heavy atom. The highest BCUT2D eigenvalue weighted by atomic mass is 16.5. The first-order valence-electron chi connectivity index (χ1n) is 11.6. The van der Waals surface area contributed by atoms with Crippen molar-refractivity contribution in [3.8, 4) is 11.5 Å². The van der Waals surface area contributed by atoms with Crippen LogP contribution in [-0.4, -0.2) is 32.1 Å². The van der Waals surface area contributed by atoms with Crippen LogP contribution < -0.4 is 14.8 Å². The molecule has 1 aliphatic heterocycles. The fourth-order valence-corrected chi connectivity index (χ4v) is 5.00. The van der Waals surface area contributed by atoms with Crippen molar-refractivity contribution in [2.24, 2.45) is 0 Å². The molecule has 0 amide bonds. The highest BCUT2D eigenvalue weighted by Gasteiger charge is 2.43. The average molecular weight is 462 g/mol. The van der Waals surface area contributed by atoms with Gasteiger partial charge in [0.15, 0.2) is 17.3 Å². The Balaban J connectivity index is 1.88. The molecule has 0 spiro atoms. The number of benzene rings is 2. The first-order valence-corrected chi connectivity index (χ1v) is 11.6. The van der Waals surface area contributed by atoms with Crippen molar-refractivity contribution in [2.45, 2.75) is 51.6 Å². The molecule has 34 heavy (non-hydrogen) atoms. The van der Waals surface area contributed by atoms with Gasteiger partial charge in [0.05, 0.1) is 31.8 Å². The van der Waals surface area contributed by atoms with E-state index in [1.165, 1.54) is 0 Å². The van der Waals surface area contributed by atoms with Gasteiger partial charge >= 0.3 is 5.97 Å². The summed E-state index contributed by atoms with van der Waals surface area (Å²) in [6.45, 7) is 5.48. The summed E-state index contributed by atoms with van der Waals surface area (Å²) in [5, 5.41) is 3.38. The van der Waals surface area contributed by atoms with Gasteiger partial charge in [0.25, 0.3) is 0 Å². The zero-order valence-corrected chi connectivity index (χ0v) is 20.3. The molecule has 4 rings (SSSR count). The van der Waals surface area contributed by atoms with Crippen molar-refractivity contribution in [1.82, 2.24) is 5.32 Å². The third-order valence-corrected chi connectivity index (χ3v) is 6.41. The van der Waals surface area contributed by atoms with Crippen LogP contribution in [0.1, 0.15) is 56.6 Å². The summed E-state index contributed by atoms with van der Waals surface area (Å²) in [5.41, 5.74) is 4.38. The Kier molecular flexibility index (Phi) is 6.77. The van der Waals surface area contributed by atoms with Crippen LogP contribution in [0.4, 0.5) is 0 Å². The van der Waals surface area contributed by atoms with Gasteiger partial charge in [0.2, 0.25) is 0 Å². The molecule has 0 aromatic heterocycles. The maximum Gasteiger partial charge on any atom is 0.337 e. The van der Waals surface area contributed by atoms with Crippen LogP contribution in [-0.2, 0) is 14.3 Å². The van der Waals surface area contributed by atoms with Crippen LogP contribution in [0, 0.1) is 0 Å². The maximum absolute atomic E-state index is 13.7. The van der Waals surface area contributed by atoms with Crippen molar-refractivity contribution in [1.29, 1.82) is 0 Å². The molecule has 2 aliphatic rings. The lowest BCUT2D eigenvalue weighted by atomic mass is 9.71. The normalized spacial score (nSPS) is 20.1. The van der Waals surface area contributed by atoms with Crippen LogP contribution in [0.15, 0.2) is 71.1 Å². The molecule has 6 nitrogen and oxygen atoms in total. The van der Waals surface area contributed by atoms with Gasteiger partial charge in [-0.3, -0.25) is 4.79 Å². The Morgan fingerprint density at radius 3 is 2.38 bits per heavy atom. The van der Waals surface area contributed by atoms with Gasteiger partial charge in [0, 0.05) is 29.0 Å². The Morgan fingerprint density at radius 2 is 1.74 bits per heavy atom. The first-order chi connectivity index (χ1) is 16.3. The van der Waals surface area contributed by atoms with E-state index in [1.54, 1.807) is 20.3 Å². The van der Waals surface area contributed by atoms with E-state index in [1.807, 2.05) is 51.1 Å². The van der Waals surface area contributed by atoms with Gasteiger partial charge in [-0.2, -0.15) is 0 Å². The molecule has 0 saturated carbocycles. The van der Waals surface area contributed by atoms with Crippen LogP contribution in [0.5, 0.6) is 11.5 Å². The molecule has 178 valence electrons. The van der Waals surface area contributed by atoms with Crippen LogP contribution >= 0.6 is 0 Å². The number of allylic oxidation sites excluding steroid dienone is 3. The number of nitrogens with one attached hydrogen (secondary N) is 1. The molecule has 6 heteroatoms. The Hall–Kier alpha value is -3.54. The number of ketones is 1. The van der Waals surface area contributed by atoms with Crippen molar-refractivity contribution < 1.29 is 23.8 Å². The quantitative estimate of drug-likeness (QED) is 0.609. The number of hydrogen-bond acceptors (Lipinski definition) is 6. The lowest BCUT2D eigenvalue weighted by molar-refractivity contribution is -0.143. The summed E-state index contributed by atoms with van der Waals surface area (Å²) in [7, 11) is 3.13. The van der Waals surface area contributed by atoms with E-state index in [4.69, 9.17) is 14.2 Å². The Bertz CT molecular complexity index is 1160. The maximum atomic E-state index is 13.7. The lowest BCUT2D eigenvalue weighted by Crippen LogP contribution is -2.36. The predicted molar refractivity (Wildman–Crippen MR) is 130 cm³/mol. The molecule has 1 N–H and O–H groups in total. The number of methoxy groups -OCH3 is 2. The predicted octanol–water partition coefficient (Wildman–Crippen LogP) is 5.02. The highest BCUT2D eigenvalue weighted by Crippen LogP contribution is 2.49. The van der Waals surface area contributed by atoms with Crippen molar-refractivity contribution in [2.75, 3.05) is 14.2 Å². The summed E-state index contributed by atoms with van der Waals surface area (Å²) in [6.07, 6.45) is 0.761. The van der Waals surface area contributed by atoms with Gasteiger partial charge in [-0.15, -0.1) is 0 Å². The number of ether oxygens (including phenoxy) is 3. The number of Topliss-reactive ketones (excluding diaryl/α,β-unsaturated/α-hetero) is 1. The monoisotopic (exact) mass is 461 g/mol. The summed E-state index contributed by atoms with van der Waals surface area (Å²) in [6, 6.07) is 15.6. The molecule has 0 saturated heterocycles. The van der Waals surface area contributed by atoms with E-state index < -0.39 is 11.9 Å². The molecule has 2 aromatic carbocycles. The minimum absolute atomic E-state index is 0.0137. The molecule has 0 radical (unpaired) electrons. The number of para-hydroxylation sites is 1. The number of esters is 1. The van der Waals surface area contributed by atoms with Gasteiger partial charge in [-0.1, -0.05) is 42.5 Å². The van der Waals surface area contributed by atoms with E-state index >= 15 is 0 Å². The van der Waals surface area contributed by atoms with Crippen molar-refractivity contribution in [3.63, 3.8) is 0 Å².